The predicted octanol–water partition coefficient (Wildman–Crippen LogP) is -0.342. The molecule has 60 valence electrons. The molecule has 0 atom stereocenters. The maximum atomic E-state index is 10.5. The van der Waals surface area contributed by atoms with Crippen molar-refractivity contribution < 1.29 is 17.8 Å². The van der Waals surface area contributed by atoms with Crippen LogP contribution in [0.15, 0.2) is 0 Å². The molecule has 0 aromatic carbocycles. The lowest BCUT2D eigenvalue weighted by atomic mass is 10.5. The Morgan fingerprint density at radius 3 is 2.10 bits per heavy atom. The predicted molar refractivity (Wildman–Crippen MR) is 34.6 cm³/mol. The van der Waals surface area contributed by atoms with Crippen LogP contribution in [0.2, 0.25) is 0 Å². The minimum absolute atomic E-state index is 0.0519. The fraction of sp³-hybridized carbons (Fsp3) is 0.750. The summed E-state index contributed by atoms with van der Waals surface area (Å²) in [4.78, 5) is 10.5. The van der Waals surface area contributed by atoms with Gasteiger partial charge in [0.05, 0.1) is 0 Å². The van der Waals surface area contributed by atoms with Crippen LogP contribution in [0.4, 0.5) is 0 Å². The second-order valence-corrected chi connectivity index (χ2v) is 3.14. The van der Waals surface area contributed by atoms with Gasteiger partial charge in [0.1, 0.15) is 0 Å². The second-order valence-electron chi connectivity index (χ2n) is 1.69. The Kier molecular flexibility index (Phi) is 2.79. The average molecular weight is 167 g/mol. The first-order chi connectivity index (χ1) is 4.39. The van der Waals surface area contributed by atoms with Gasteiger partial charge in [-0.05, 0) is 0 Å². The molecule has 0 aliphatic rings. The number of rotatable bonds is 2. The molecule has 0 aromatic rings. The molecule has 1 amide bonds. The Morgan fingerprint density at radius 1 is 1.60 bits per heavy atom. The zero-order chi connectivity index (χ0) is 8.36. The van der Waals surface area contributed by atoms with Crippen LogP contribution in [0.3, 0.4) is 0 Å². The summed E-state index contributed by atoms with van der Waals surface area (Å²) in [5.41, 5.74) is 0. The molecule has 0 rings (SSSR count). The number of carbonyl (C=O) groups is 1. The molecule has 1 N–H and O–H groups in total. The molecule has 0 unspecified atom stereocenters. The van der Waals surface area contributed by atoms with Crippen molar-refractivity contribution in [2.75, 3.05) is 7.05 Å². The van der Waals surface area contributed by atoms with E-state index in [4.69, 9.17) is 4.55 Å². The van der Waals surface area contributed by atoms with E-state index in [1.165, 1.54) is 6.92 Å². The summed E-state index contributed by atoms with van der Waals surface area (Å²) in [5, 5.41) is 0. The van der Waals surface area contributed by atoms with Crippen LogP contribution in [0.5, 0.6) is 0 Å². The fourth-order valence-electron chi connectivity index (χ4n) is 0.351. The standard InChI is InChI=1S/C4H9NO4S/c1-3-4(6)5(2)10(7,8)9/h3H2,1-2H3,(H,7,8,9). The monoisotopic (exact) mass is 167 g/mol. The van der Waals surface area contributed by atoms with E-state index in [0.717, 1.165) is 7.05 Å². The smallest absolute Gasteiger partial charge is 0.274 e. The van der Waals surface area contributed by atoms with Gasteiger partial charge in [-0.25, -0.2) is 4.31 Å². The van der Waals surface area contributed by atoms with Crippen LogP contribution in [-0.2, 0) is 15.1 Å². The van der Waals surface area contributed by atoms with Gasteiger partial charge in [0.2, 0.25) is 5.91 Å². The molecule has 0 heterocycles. The topological polar surface area (TPSA) is 74.7 Å². The van der Waals surface area contributed by atoms with Crippen molar-refractivity contribution in [2.24, 2.45) is 0 Å². The van der Waals surface area contributed by atoms with Gasteiger partial charge in [-0.3, -0.25) is 9.35 Å². The second kappa shape index (κ2) is 2.98. The van der Waals surface area contributed by atoms with Crippen molar-refractivity contribution in [3.8, 4) is 0 Å². The molecule has 5 nitrogen and oxygen atoms in total. The summed E-state index contributed by atoms with van der Waals surface area (Å²) in [7, 11) is -3.33. The molecule has 6 heteroatoms. The van der Waals surface area contributed by atoms with Crippen molar-refractivity contribution in [1.82, 2.24) is 4.31 Å². The van der Waals surface area contributed by atoms with Gasteiger partial charge in [0, 0.05) is 13.5 Å². The zero-order valence-corrected chi connectivity index (χ0v) is 6.55. The van der Waals surface area contributed by atoms with Gasteiger partial charge in [0.15, 0.2) is 0 Å². The number of carbonyl (C=O) groups excluding carboxylic acids is 1. The van der Waals surface area contributed by atoms with E-state index in [1.807, 2.05) is 0 Å². The lowest BCUT2D eigenvalue weighted by Gasteiger charge is -2.10. The molecular weight excluding hydrogens is 158 g/mol. The third-order valence-electron chi connectivity index (χ3n) is 1.000. The van der Waals surface area contributed by atoms with E-state index in [2.05, 4.69) is 0 Å². The van der Waals surface area contributed by atoms with E-state index >= 15 is 0 Å². The van der Waals surface area contributed by atoms with Crippen molar-refractivity contribution >= 4 is 16.2 Å². The normalized spacial score (nSPS) is 11.1. The highest BCUT2D eigenvalue weighted by Crippen LogP contribution is 1.95. The van der Waals surface area contributed by atoms with Gasteiger partial charge in [-0.15, -0.1) is 0 Å². The lowest BCUT2D eigenvalue weighted by molar-refractivity contribution is -0.125. The number of nitrogens with zero attached hydrogens (tertiary/aromatic N) is 1. The molecule has 0 aliphatic carbocycles. The van der Waals surface area contributed by atoms with Crippen molar-refractivity contribution in [1.29, 1.82) is 0 Å². The number of hydrogen-bond donors (Lipinski definition) is 1. The van der Waals surface area contributed by atoms with Crippen molar-refractivity contribution in [3.05, 3.63) is 0 Å². The molecule has 10 heavy (non-hydrogen) atoms. The number of hydrogen-bond acceptors (Lipinski definition) is 3. The zero-order valence-electron chi connectivity index (χ0n) is 5.73. The Labute approximate surface area is 59.5 Å². The first kappa shape index (κ1) is 9.38. The minimum atomic E-state index is -4.33. The maximum absolute atomic E-state index is 10.5. The van der Waals surface area contributed by atoms with Crippen LogP contribution in [-0.4, -0.2) is 30.2 Å². The Morgan fingerprint density at radius 2 is 2.00 bits per heavy atom. The highest BCUT2D eigenvalue weighted by atomic mass is 32.2. The Hall–Kier alpha value is -0.620. The van der Waals surface area contributed by atoms with Crippen LogP contribution in [0.25, 0.3) is 0 Å². The van der Waals surface area contributed by atoms with Crippen molar-refractivity contribution in [2.45, 2.75) is 13.3 Å². The average Bonchev–Trinajstić information content (AvgIpc) is 1.83. The SMILES string of the molecule is CCC(=O)N(C)S(=O)(=O)O. The van der Waals surface area contributed by atoms with E-state index < -0.39 is 16.2 Å². The quantitative estimate of drug-likeness (QED) is 0.571. The van der Waals surface area contributed by atoms with Crippen LogP contribution in [0.1, 0.15) is 13.3 Å². The highest BCUT2D eigenvalue weighted by Gasteiger charge is 2.17. The van der Waals surface area contributed by atoms with Crippen LogP contribution >= 0.6 is 0 Å². The third-order valence-corrected chi connectivity index (χ3v) is 1.90. The first-order valence-electron chi connectivity index (χ1n) is 2.63. The van der Waals surface area contributed by atoms with Gasteiger partial charge in [0.25, 0.3) is 0 Å². The van der Waals surface area contributed by atoms with Crippen LogP contribution in [0, 0.1) is 0 Å². The van der Waals surface area contributed by atoms with E-state index in [-0.39, 0.29) is 6.42 Å². The molecule has 0 fully saturated rings. The molecule has 0 saturated heterocycles. The highest BCUT2D eigenvalue weighted by molar-refractivity contribution is 7.83. The summed E-state index contributed by atoms with van der Waals surface area (Å²) < 4.78 is 28.9. The van der Waals surface area contributed by atoms with Gasteiger partial charge in [-0.1, -0.05) is 6.92 Å². The van der Waals surface area contributed by atoms with Crippen molar-refractivity contribution in [3.63, 3.8) is 0 Å². The largest absolute Gasteiger partial charge is 0.361 e. The van der Waals surface area contributed by atoms with E-state index in [0.29, 0.717) is 4.31 Å². The molecule has 0 radical (unpaired) electrons. The lowest BCUT2D eigenvalue weighted by Crippen LogP contribution is -2.31. The van der Waals surface area contributed by atoms with Gasteiger partial charge >= 0.3 is 10.3 Å². The Bertz CT molecular complexity index is 219. The Balaban J connectivity index is 4.39. The molecule has 0 bridgehead atoms. The summed E-state index contributed by atoms with van der Waals surface area (Å²) in [6.45, 7) is 1.50. The molecule has 0 aromatic heterocycles. The number of amides is 1. The third kappa shape index (κ3) is 2.32. The van der Waals surface area contributed by atoms with Crippen LogP contribution < -0.4 is 0 Å². The summed E-state index contributed by atoms with van der Waals surface area (Å²) in [5.74, 6) is -0.637. The van der Waals surface area contributed by atoms with Gasteiger partial charge in [-0.2, -0.15) is 8.42 Å². The molecule has 0 saturated carbocycles. The molecule has 0 spiro atoms. The summed E-state index contributed by atoms with van der Waals surface area (Å²) in [6.07, 6.45) is 0.0519. The maximum Gasteiger partial charge on any atom is 0.361 e. The minimum Gasteiger partial charge on any atom is -0.274 e. The van der Waals surface area contributed by atoms with E-state index in [9.17, 15) is 13.2 Å². The molecule has 0 aliphatic heterocycles. The summed E-state index contributed by atoms with van der Waals surface area (Å²) in [6, 6.07) is 0. The van der Waals surface area contributed by atoms with E-state index in [1.54, 1.807) is 0 Å². The first-order valence-corrected chi connectivity index (χ1v) is 4.03. The summed E-state index contributed by atoms with van der Waals surface area (Å²) >= 11 is 0. The molecular formula is C4H9NO4S. The fourth-order valence-corrected chi connectivity index (χ4v) is 0.738. The van der Waals surface area contributed by atoms with Gasteiger partial charge < -0.3 is 0 Å².